The first-order chi connectivity index (χ1) is 8.75. The fourth-order valence-electron chi connectivity index (χ4n) is 1.67. The van der Waals surface area contributed by atoms with Gasteiger partial charge in [-0.1, -0.05) is 34.7 Å². The van der Waals surface area contributed by atoms with Gasteiger partial charge in [-0.3, -0.25) is 0 Å². The van der Waals surface area contributed by atoms with Gasteiger partial charge in [-0.05, 0) is 19.1 Å². The van der Waals surface area contributed by atoms with Crippen LogP contribution in [0.3, 0.4) is 0 Å². The summed E-state index contributed by atoms with van der Waals surface area (Å²) in [7, 11) is 0. The summed E-state index contributed by atoms with van der Waals surface area (Å²) >= 11 is 1.30. The van der Waals surface area contributed by atoms with Crippen molar-refractivity contribution in [1.82, 2.24) is 25.2 Å². The molecule has 0 atom stereocenters. The van der Waals surface area contributed by atoms with Crippen LogP contribution >= 0.6 is 11.3 Å². The predicted octanol–water partition coefficient (Wildman–Crippen LogP) is 1.68. The van der Waals surface area contributed by atoms with Crippen LogP contribution in [-0.4, -0.2) is 25.2 Å². The van der Waals surface area contributed by atoms with Gasteiger partial charge in [-0.25, -0.2) is 4.68 Å². The van der Waals surface area contributed by atoms with Crippen molar-refractivity contribution in [1.29, 1.82) is 0 Å². The maximum absolute atomic E-state index is 5.57. The zero-order chi connectivity index (χ0) is 12.5. The maximum atomic E-state index is 5.57. The molecule has 0 bridgehead atoms. The lowest BCUT2D eigenvalue weighted by molar-refractivity contribution is 0.785. The minimum Gasteiger partial charge on any atom is -0.374 e. The van der Waals surface area contributed by atoms with Gasteiger partial charge in [0.1, 0.15) is 5.69 Å². The summed E-state index contributed by atoms with van der Waals surface area (Å²) in [6, 6.07) is 9.82. The van der Waals surface area contributed by atoms with Gasteiger partial charge in [0.2, 0.25) is 5.13 Å². The number of aromatic nitrogens is 5. The van der Waals surface area contributed by atoms with Crippen molar-refractivity contribution >= 4 is 16.5 Å². The van der Waals surface area contributed by atoms with Gasteiger partial charge in [0.05, 0.1) is 11.4 Å². The van der Waals surface area contributed by atoms with Crippen molar-refractivity contribution in [3.05, 3.63) is 36.0 Å². The molecule has 90 valence electrons. The maximum Gasteiger partial charge on any atom is 0.203 e. The highest BCUT2D eigenvalue weighted by Crippen LogP contribution is 2.26. The number of nitrogen functional groups attached to an aromatic ring is 1. The van der Waals surface area contributed by atoms with Crippen molar-refractivity contribution in [3.8, 4) is 16.4 Å². The Kier molecular flexibility index (Phi) is 2.52. The normalized spacial score (nSPS) is 10.7. The number of para-hydroxylation sites is 1. The van der Waals surface area contributed by atoms with E-state index in [4.69, 9.17) is 5.73 Å². The predicted molar refractivity (Wildman–Crippen MR) is 69.4 cm³/mol. The molecule has 0 saturated heterocycles. The van der Waals surface area contributed by atoms with Crippen LogP contribution in [0.5, 0.6) is 0 Å². The summed E-state index contributed by atoms with van der Waals surface area (Å²) < 4.78 is 1.77. The summed E-state index contributed by atoms with van der Waals surface area (Å²) in [4.78, 5) is 0. The lowest BCUT2D eigenvalue weighted by Crippen LogP contribution is -1.98. The zero-order valence-corrected chi connectivity index (χ0v) is 10.4. The van der Waals surface area contributed by atoms with Crippen LogP contribution in [0, 0.1) is 6.92 Å². The second-order valence-corrected chi connectivity index (χ2v) is 4.73. The summed E-state index contributed by atoms with van der Waals surface area (Å²) in [5, 5.41) is 17.2. The van der Waals surface area contributed by atoms with Crippen molar-refractivity contribution in [2.24, 2.45) is 0 Å². The van der Waals surface area contributed by atoms with E-state index in [0.717, 1.165) is 11.4 Å². The molecule has 0 saturated carbocycles. The number of hydrogen-bond acceptors (Lipinski definition) is 6. The van der Waals surface area contributed by atoms with E-state index in [1.807, 2.05) is 37.3 Å². The van der Waals surface area contributed by atoms with E-state index in [-0.39, 0.29) is 0 Å². The van der Waals surface area contributed by atoms with Gasteiger partial charge in [0.15, 0.2) is 5.01 Å². The largest absolute Gasteiger partial charge is 0.374 e. The molecule has 6 nitrogen and oxygen atoms in total. The van der Waals surface area contributed by atoms with Crippen molar-refractivity contribution in [2.75, 3.05) is 5.73 Å². The zero-order valence-electron chi connectivity index (χ0n) is 9.61. The number of rotatable bonds is 2. The van der Waals surface area contributed by atoms with Gasteiger partial charge in [0.25, 0.3) is 0 Å². The molecule has 0 unspecified atom stereocenters. The highest BCUT2D eigenvalue weighted by molar-refractivity contribution is 7.18. The molecule has 7 heteroatoms. The van der Waals surface area contributed by atoms with Crippen LogP contribution in [0.25, 0.3) is 16.4 Å². The molecule has 3 aromatic rings. The molecule has 0 spiro atoms. The fraction of sp³-hybridized carbons (Fsp3) is 0.0909. The average Bonchev–Trinajstić information content (AvgIpc) is 2.97. The minimum atomic E-state index is 0.429. The lowest BCUT2D eigenvalue weighted by atomic mass is 10.3. The molecular formula is C11H10N6S. The number of anilines is 1. The topological polar surface area (TPSA) is 82.5 Å². The highest BCUT2D eigenvalue weighted by atomic mass is 32.1. The number of benzene rings is 1. The molecule has 0 aliphatic rings. The van der Waals surface area contributed by atoms with Crippen LogP contribution < -0.4 is 5.73 Å². The third kappa shape index (κ3) is 1.74. The van der Waals surface area contributed by atoms with Gasteiger partial charge < -0.3 is 5.73 Å². The van der Waals surface area contributed by atoms with E-state index in [1.165, 1.54) is 11.3 Å². The van der Waals surface area contributed by atoms with E-state index >= 15 is 0 Å². The minimum absolute atomic E-state index is 0.429. The molecule has 3 rings (SSSR count). The monoisotopic (exact) mass is 258 g/mol. The lowest BCUT2D eigenvalue weighted by Gasteiger charge is -2.01. The smallest absolute Gasteiger partial charge is 0.203 e. The molecule has 0 radical (unpaired) electrons. The Morgan fingerprint density at radius 2 is 1.89 bits per heavy atom. The molecule has 0 aliphatic carbocycles. The van der Waals surface area contributed by atoms with Crippen LogP contribution in [-0.2, 0) is 0 Å². The first-order valence-electron chi connectivity index (χ1n) is 5.33. The van der Waals surface area contributed by atoms with E-state index in [9.17, 15) is 0 Å². The molecular weight excluding hydrogens is 248 g/mol. The molecule has 2 N–H and O–H groups in total. The van der Waals surface area contributed by atoms with Crippen LogP contribution in [0.2, 0.25) is 0 Å². The van der Waals surface area contributed by atoms with Crippen LogP contribution in [0.1, 0.15) is 5.69 Å². The SMILES string of the molecule is Cc1c(-c2nnc(N)s2)nnn1-c1ccccc1. The Morgan fingerprint density at radius 3 is 2.56 bits per heavy atom. The van der Waals surface area contributed by atoms with E-state index in [2.05, 4.69) is 20.5 Å². The molecule has 2 aromatic heterocycles. The summed E-state index contributed by atoms with van der Waals surface area (Å²) in [5.41, 5.74) is 8.17. The van der Waals surface area contributed by atoms with Gasteiger partial charge >= 0.3 is 0 Å². The molecule has 2 heterocycles. The summed E-state index contributed by atoms with van der Waals surface area (Å²) in [6.07, 6.45) is 0. The average molecular weight is 258 g/mol. The van der Waals surface area contributed by atoms with Crippen LogP contribution in [0.15, 0.2) is 30.3 Å². The molecule has 0 aliphatic heterocycles. The Labute approximate surface area is 107 Å². The van der Waals surface area contributed by atoms with Crippen molar-refractivity contribution in [2.45, 2.75) is 6.92 Å². The van der Waals surface area contributed by atoms with E-state index in [0.29, 0.717) is 15.8 Å². The number of nitrogens with zero attached hydrogens (tertiary/aromatic N) is 5. The molecule has 18 heavy (non-hydrogen) atoms. The van der Waals surface area contributed by atoms with Crippen molar-refractivity contribution < 1.29 is 0 Å². The van der Waals surface area contributed by atoms with E-state index < -0.39 is 0 Å². The Hall–Kier alpha value is -2.28. The first-order valence-corrected chi connectivity index (χ1v) is 6.14. The van der Waals surface area contributed by atoms with Crippen molar-refractivity contribution in [3.63, 3.8) is 0 Å². The second kappa shape index (κ2) is 4.19. The molecule has 0 fully saturated rings. The second-order valence-electron chi connectivity index (χ2n) is 3.72. The third-order valence-corrected chi connectivity index (χ3v) is 3.30. The third-order valence-electron chi connectivity index (χ3n) is 2.54. The summed E-state index contributed by atoms with van der Waals surface area (Å²) in [6.45, 7) is 1.94. The molecule has 1 aromatic carbocycles. The van der Waals surface area contributed by atoms with Gasteiger partial charge in [-0.15, -0.1) is 15.3 Å². The number of nitrogens with two attached hydrogens (primary N) is 1. The van der Waals surface area contributed by atoms with Gasteiger partial charge in [-0.2, -0.15) is 0 Å². The van der Waals surface area contributed by atoms with Gasteiger partial charge in [0, 0.05) is 0 Å². The molecule has 0 amide bonds. The standard InChI is InChI=1S/C11H10N6S/c1-7-9(10-14-15-11(12)18-10)13-16-17(7)8-5-3-2-4-6-8/h2-6H,1H3,(H2,12,15). The highest BCUT2D eigenvalue weighted by Gasteiger charge is 2.15. The Bertz CT molecular complexity index is 672. The fourth-order valence-corrected chi connectivity index (χ4v) is 2.32. The first kappa shape index (κ1) is 10.8. The summed E-state index contributed by atoms with van der Waals surface area (Å²) in [5.74, 6) is 0. The quantitative estimate of drug-likeness (QED) is 0.756. The van der Waals surface area contributed by atoms with Crippen LogP contribution in [0.4, 0.5) is 5.13 Å². The Morgan fingerprint density at radius 1 is 1.11 bits per heavy atom. The number of hydrogen-bond donors (Lipinski definition) is 1. The Balaban J connectivity index is 2.08. The van der Waals surface area contributed by atoms with E-state index in [1.54, 1.807) is 4.68 Å².